The van der Waals surface area contributed by atoms with Crippen molar-refractivity contribution >= 4 is 29.3 Å². The molecule has 0 saturated carbocycles. The number of nitro benzene ring substituents is 1. The lowest BCUT2D eigenvalue weighted by molar-refractivity contribution is -0.386. The second kappa shape index (κ2) is 8.64. The SMILES string of the molecule is CCC(C)Oc1c(OC)cc(C=C2C(=O)NN(c3ccccc3)C2=O)cc1[N+](=O)[O-]. The van der Waals surface area contributed by atoms with E-state index in [2.05, 4.69) is 5.43 Å². The quantitative estimate of drug-likeness (QED) is 0.324. The zero-order chi connectivity index (χ0) is 21.8. The Kier molecular flexibility index (Phi) is 6.01. The van der Waals surface area contributed by atoms with Crippen LogP contribution in [-0.2, 0) is 9.59 Å². The summed E-state index contributed by atoms with van der Waals surface area (Å²) < 4.78 is 11.0. The van der Waals surface area contributed by atoms with Gasteiger partial charge in [-0.15, -0.1) is 0 Å². The first-order valence-electron chi connectivity index (χ1n) is 9.31. The first-order chi connectivity index (χ1) is 14.3. The lowest BCUT2D eigenvalue weighted by atomic mass is 10.1. The Morgan fingerprint density at radius 1 is 1.23 bits per heavy atom. The Hall–Kier alpha value is -3.88. The molecule has 0 spiro atoms. The van der Waals surface area contributed by atoms with Crippen LogP contribution < -0.4 is 19.9 Å². The summed E-state index contributed by atoms with van der Waals surface area (Å²) in [5.74, 6) is -1.02. The van der Waals surface area contributed by atoms with Crippen LogP contribution in [0.4, 0.5) is 11.4 Å². The summed E-state index contributed by atoms with van der Waals surface area (Å²) in [5, 5.41) is 12.7. The third-order valence-corrected chi connectivity index (χ3v) is 4.59. The number of anilines is 1. The minimum absolute atomic E-state index is 0.00659. The van der Waals surface area contributed by atoms with Crippen molar-refractivity contribution in [2.45, 2.75) is 26.4 Å². The first-order valence-corrected chi connectivity index (χ1v) is 9.31. The van der Waals surface area contributed by atoms with Crippen molar-refractivity contribution in [3.63, 3.8) is 0 Å². The average Bonchev–Trinajstić information content (AvgIpc) is 3.02. The molecule has 156 valence electrons. The number of methoxy groups -OCH3 is 1. The maximum absolute atomic E-state index is 12.7. The topological polar surface area (TPSA) is 111 Å². The molecule has 1 aliphatic rings. The van der Waals surface area contributed by atoms with E-state index in [0.717, 1.165) is 5.01 Å². The molecule has 0 aliphatic carbocycles. The van der Waals surface area contributed by atoms with Crippen molar-refractivity contribution in [3.05, 3.63) is 63.7 Å². The highest BCUT2D eigenvalue weighted by molar-refractivity contribution is 6.31. The smallest absolute Gasteiger partial charge is 0.315 e. The molecule has 1 aliphatic heterocycles. The van der Waals surface area contributed by atoms with E-state index < -0.39 is 16.7 Å². The largest absolute Gasteiger partial charge is 0.493 e. The van der Waals surface area contributed by atoms with Gasteiger partial charge in [-0.05, 0) is 43.2 Å². The van der Waals surface area contributed by atoms with Crippen LogP contribution in [0.3, 0.4) is 0 Å². The van der Waals surface area contributed by atoms with Gasteiger partial charge in [0.05, 0.1) is 23.8 Å². The fourth-order valence-corrected chi connectivity index (χ4v) is 2.86. The molecule has 0 aromatic heterocycles. The van der Waals surface area contributed by atoms with Gasteiger partial charge >= 0.3 is 5.69 Å². The van der Waals surface area contributed by atoms with Crippen LogP contribution in [0.25, 0.3) is 6.08 Å². The van der Waals surface area contributed by atoms with Crippen LogP contribution in [-0.4, -0.2) is 30.0 Å². The molecule has 1 N–H and O–H groups in total. The van der Waals surface area contributed by atoms with Crippen LogP contribution in [0, 0.1) is 10.1 Å². The summed E-state index contributed by atoms with van der Waals surface area (Å²) in [5.41, 5.74) is 2.80. The van der Waals surface area contributed by atoms with Crippen molar-refractivity contribution in [1.29, 1.82) is 0 Å². The number of rotatable bonds is 7. The van der Waals surface area contributed by atoms with E-state index in [-0.39, 0.29) is 34.4 Å². The molecule has 2 aromatic rings. The molecule has 2 amide bonds. The van der Waals surface area contributed by atoms with Crippen LogP contribution in [0.15, 0.2) is 48.0 Å². The van der Waals surface area contributed by atoms with Gasteiger partial charge in [0.25, 0.3) is 11.8 Å². The van der Waals surface area contributed by atoms with Gasteiger partial charge in [0, 0.05) is 6.07 Å². The fourth-order valence-electron chi connectivity index (χ4n) is 2.86. The Labute approximate surface area is 173 Å². The fraction of sp³-hybridized carbons (Fsp3) is 0.238. The van der Waals surface area contributed by atoms with Gasteiger partial charge in [-0.25, -0.2) is 5.01 Å². The monoisotopic (exact) mass is 411 g/mol. The normalized spacial score (nSPS) is 15.8. The molecule has 30 heavy (non-hydrogen) atoms. The van der Waals surface area contributed by atoms with E-state index in [9.17, 15) is 19.7 Å². The number of hydrogen-bond acceptors (Lipinski definition) is 6. The number of nitrogens with zero attached hydrogens (tertiary/aromatic N) is 2. The second-order valence-corrected chi connectivity index (χ2v) is 6.64. The van der Waals surface area contributed by atoms with Crippen molar-refractivity contribution in [1.82, 2.24) is 5.43 Å². The predicted octanol–water partition coefficient (Wildman–Crippen LogP) is 3.24. The standard InChI is InChI=1S/C21H21N3O6/c1-4-13(2)30-19-17(24(27)28)11-14(12-18(19)29-3)10-16-20(25)22-23(21(16)26)15-8-6-5-7-9-15/h5-13H,4H2,1-3H3,(H,22,25). The van der Waals surface area contributed by atoms with Crippen LogP contribution in [0.2, 0.25) is 0 Å². The molecule has 9 heteroatoms. The van der Waals surface area contributed by atoms with Gasteiger partial charge < -0.3 is 9.47 Å². The van der Waals surface area contributed by atoms with E-state index in [4.69, 9.17) is 9.47 Å². The number of ether oxygens (including phenoxy) is 2. The zero-order valence-corrected chi connectivity index (χ0v) is 16.7. The Morgan fingerprint density at radius 2 is 1.93 bits per heavy atom. The Bertz CT molecular complexity index is 1020. The summed E-state index contributed by atoms with van der Waals surface area (Å²) in [4.78, 5) is 36.1. The number of carbonyl (C=O) groups is 2. The zero-order valence-electron chi connectivity index (χ0n) is 16.7. The molecule has 1 saturated heterocycles. The molecular formula is C21H21N3O6. The Balaban J connectivity index is 2.02. The molecule has 1 heterocycles. The Morgan fingerprint density at radius 3 is 2.53 bits per heavy atom. The van der Waals surface area contributed by atoms with Crippen LogP contribution in [0.5, 0.6) is 11.5 Å². The molecule has 9 nitrogen and oxygen atoms in total. The summed E-state index contributed by atoms with van der Waals surface area (Å²) in [7, 11) is 1.37. The summed E-state index contributed by atoms with van der Waals surface area (Å²) >= 11 is 0. The van der Waals surface area contributed by atoms with Crippen molar-refractivity contribution in [2.75, 3.05) is 12.1 Å². The number of amides is 2. The van der Waals surface area contributed by atoms with E-state index in [1.165, 1.54) is 25.3 Å². The summed E-state index contributed by atoms with van der Waals surface area (Å²) in [6, 6.07) is 11.4. The third kappa shape index (κ3) is 4.09. The van der Waals surface area contributed by atoms with Gasteiger partial charge in [-0.3, -0.25) is 25.1 Å². The molecule has 1 atom stereocenters. The number of carbonyl (C=O) groups excluding carboxylic acids is 2. The van der Waals surface area contributed by atoms with E-state index in [0.29, 0.717) is 12.1 Å². The highest BCUT2D eigenvalue weighted by atomic mass is 16.6. The average molecular weight is 411 g/mol. The predicted molar refractivity (Wildman–Crippen MR) is 110 cm³/mol. The molecule has 0 bridgehead atoms. The van der Waals surface area contributed by atoms with Crippen LogP contribution >= 0.6 is 0 Å². The number of hydrazine groups is 1. The van der Waals surface area contributed by atoms with Gasteiger partial charge in [0.2, 0.25) is 5.75 Å². The second-order valence-electron chi connectivity index (χ2n) is 6.64. The van der Waals surface area contributed by atoms with Crippen molar-refractivity contribution in [3.8, 4) is 11.5 Å². The van der Waals surface area contributed by atoms with Crippen molar-refractivity contribution < 1.29 is 24.0 Å². The van der Waals surface area contributed by atoms with E-state index in [1.807, 2.05) is 6.92 Å². The number of benzene rings is 2. The van der Waals surface area contributed by atoms with Gasteiger partial charge in [-0.1, -0.05) is 25.1 Å². The lowest BCUT2D eigenvalue weighted by Gasteiger charge is -2.16. The first kappa shape index (κ1) is 20.8. The van der Waals surface area contributed by atoms with Gasteiger partial charge in [0.1, 0.15) is 5.57 Å². The van der Waals surface area contributed by atoms with E-state index >= 15 is 0 Å². The third-order valence-electron chi connectivity index (χ3n) is 4.59. The molecule has 2 aromatic carbocycles. The maximum Gasteiger partial charge on any atom is 0.315 e. The van der Waals surface area contributed by atoms with Crippen LogP contribution in [0.1, 0.15) is 25.8 Å². The lowest BCUT2D eigenvalue weighted by Crippen LogP contribution is -2.35. The summed E-state index contributed by atoms with van der Waals surface area (Å²) in [6.45, 7) is 3.68. The minimum Gasteiger partial charge on any atom is -0.493 e. The number of hydrogen-bond donors (Lipinski definition) is 1. The molecule has 3 rings (SSSR count). The molecule has 1 unspecified atom stereocenters. The highest BCUT2D eigenvalue weighted by Gasteiger charge is 2.34. The molecular weight excluding hydrogens is 390 g/mol. The number of para-hydroxylation sites is 1. The van der Waals surface area contributed by atoms with Crippen molar-refractivity contribution in [2.24, 2.45) is 0 Å². The van der Waals surface area contributed by atoms with E-state index in [1.54, 1.807) is 37.3 Å². The minimum atomic E-state index is -0.606. The van der Waals surface area contributed by atoms with Gasteiger partial charge in [0.15, 0.2) is 5.75 Å². The molecule has 0 radical (unpaired) electrons. The highest BCUT2D eigenvalue weighted by Crippen LogP contribution is 2.40. The number of nitrogens with one attached hydrogen (secondary N) is 1. The maximum atomic E-state index is 12.7. The number of nitro groups is 1. The van der Waals surface area contributed by atoms with Gasteiger partial charge in [-0.2, -0.15) is 0 Å². The molecule has 1 fully saturated rings. The summed E-state index contributed by atoms with van der Waals surface area (Å²) in [6.07, 6.45) is 1.68.